The Bertz CT molecular complexity index is 815. The molecule has 2 fully saturated rings. The van der Waals surface area contributed by atoms with E-state index in [9.17, 15) is 8.42 Å². The Labute approximate surface area is 147 Å². The van der Waals surface area contributed by atoms with Gasteiger partial charge in [0.1, 0.15) is 0 Å². The average Bonchev–Trinajstić information content (AvgIpc) is 3.35. The maximum Gasteiger partial charge on any atom is 0.283 e. The predicted molar refractivity (Wildman–Crippen MR) is 90.4 cm³/mol. The van der Waals surface area contributed by atoms with Gasteiger partial charge in [-0.2, -0.15) is 0 Å². The molecule has 0 saturated heterocycles. The number of rotatable bonds is 5. The van der Waals surface area contributed by atoms with Crippen LogP contribution in [0.5, 0.6) is 0 Å². The number of furan rings is 1. The van der Waals surface area contributed by atoms with Crippen LogP contribution in [0.2, 0.25) is 0 Å². The molecule has 4 rings (SSSR count). The van der Waals surface area contributed by atoms with E-state index < -0.39 is 10.0 Å². The molecule has 0 atom stereocenters. The van der Waals surface area contributed by atoms with Gasteiger partial charge in [-0.05, 0) is 37.8 Å². The fraction of sp³-hybridized carbons (Fsp3) is 0.647. The van der Waals surface area contributed by atoms with Crippen LogP contribution in [-0.2, 0) is 10.0 Å². The minimum atomic E-state index is -3.66. The summed E-state index contributed by atoms with van der Waals surface area (Å²) in [5.41, 5.74) is 0. The van der Waals surface area contributed by atoms with Crippen LogP contribution in [0, 0.1) is 0 Å². The molecule has 136 valence electrons. The zero-order valence-corrected chi connectivity index (χ0v) is 14.9. The summed E-state index contributed by atoms with van der Waals surface area (Å²) in [6.07, 6.45) is 9.52. The minimum Gasteiger partial charge on any atom is -0.438 e. The number of hydrogen-bond donors (Lipinski definition) is 1. The van der Waals surface area contributed by atoms with Gasteiger partial charge in [0, 0.05) is 12.0 Å². The average molecular weight is 365 g/mol. The molecule has 2 aliphatic carbocycles. The van der Waals surface area contributed by atoms with Crippen LogP contribution < -0.4 is 4.72 Å². The number of nitrogens with zero attached hydrogens (tertiary/aromatic N) is 2. The van der Waals surface area contributed by atoms with E-state index in [2.05, 4.69) is 14.9 Å². The fourth-order valence-corrected chi connectivity index (χ4v) is 4.99. The van der Waals surface area contributed by atoms with Gasteiger partial charge in [-0.25, -0.2) is 13.1 Å². The zero-order chi connectivity index (χ0) is 17.3. The van der Waals surface area contributed by atoms with Gasteiger partial charge in [0.2, 0.25) is 11.0 Å². The molecule has 25 heavy (non-hydrogen) atoms. The van der Waals surface area contributed by atoms with Crippen LogP contribution in [0.15, 0.2) is 26.1 Å². The second-order valence-corrected chi connectivity index (χ2v) is 8.65. The highest BCUT2D eigenvalue weighted by Gasteiger charge is 2.27. The maximum absolute atomic E-state index is 12.5. The molecular weight excluding hydrogens is 342 g/mol. The molecule has 2 heterocycles. The molecular formula is C17H23N3O4S. The van der Waals surface area contributed by atoms with Crippen LogP contribution in [0.3, 0.4) is 0 Å². The quantitative estimate of drug-likeness (QED) is 0.869. The topological polar surface area (TPSA) is 98.2 Å². The highest BCUT2D eigenvalue weighted by Crippen LogP contribution is 2.34. The van der Waals surface area contributed by atoms with Crippen molar-refractivity contribution in [2.24, 2.45) is 0 Å². The van der Waals surface area contributed by atoms with Crippen LogP contribution in [0.25, 0.3) is 11.7 Å². The van der Waals surface area contributed by atoms with Gasteiger partial charge in [-0.15, -0.1) is 10.2 Å². The van der Waals surface area contributed by atoms with Gasteiger partial charge in [0.15, 0.2) is 5.76 Å². The SMILES string of the molecule is O=S(=O)(NC1CCCCC1)c1ccc(-c2nnc(C3CCCC3)o2)o1. The van der Waals surface area contributed by atoms with Crippen molar-refractivity contribution in [1.29, 1.82) is 0 Å². The summed E-state index contributed by atoms with van der Waals surface area (Å²) in [6, 6.07) is 3.01. The van der Waals surface area contributed by atoms with E-state index in [-0.39, 0.29) is 17.0 Å². The molecule has 0 unspecified atom stereocenters. The van der Waals surface area contributed by atoms with Gasteiger partial charge in [0.25, 0.3) is 15.9 Å². The Morgan fingerprint density at radius 2 is 1.64 bits per heavy atom. The Morgan fingerprint density at radius 1 is 0.920 bits per heavy atom. The van der Waals surface area contributed by atoms with Crippen molar-refractivity contribution < 1.29 is 17.3 Å². The van der Waals surface area contributed by atoms with E-state index in [0.29, 0.717) is 17.6 Å². The van der Waals surface area contributed by atoms with Crippen LogP contribution in [0.1, 0.15) is 69.6 Å². The number of aromatic nitrogens is 2. The summed E-state index contributed by atoms with van der Waals surface area (Å²) in [4.78, 5) is 0. The summed E-state index contributed by atoms with van der Waals surface area (Å²) in [5, 5.41) is 8.01. The lowest BCUT2D eigenvalue weighted by atomic mass is 9.96. The molecule has 1 N–H and O–H groups in total. The van der Waals surface area contributed by atoms with Crippen molar-refractivity contribution >= 4 is 10.0 Å². The summed E-state index contributed by atoms with van der Waals surface area (Å²) in [7, 11) is -3.66. The van der Waals surface area contributed by atoms with Crippen molar-refractivity contribution in [1.82, 2.24) is 14.9 Å². The monoisotopic (exact) mass is 365 g/mol. The first-order chi connectivity index (χ1) is 12.1. The molecule has 2 aromatic heterocycles. The molecule has 0 radical (unpaired) electrons. The number of nitrogens with one attached hydrogen (secondary N) is 1. The van der Waals surface area contributed by atoms with Crippen LogP contribution >= 0.6 is 0 Å². The van der Waals surface area contributed by atoms with Gasteiger partial charge in [-0.1, -0.05) is 32.1 Å². The highest BCUT2D eigenvalue weighted by molar-refractivity contribution is 7.89. The lowest BCUT2D eigenvalue weighted by Gasteiger charge is -2.21. The van der Waals surface area contributed by atoms with Crippen molar-refractivity contribution in [3.63, 3.8) is 0 Å². The number of hydrogen-bond acceptors (Lipinski definition) is 6. The molecule has 0 amide bonds. The molecule has 0 aromatic carbocycles. The van der Waals surface area contributed by atoms with E-state index in [4.69, 9.17) is 8.83 Å². The Balaban J connectivity index is 1.49. The van der Waals surface area contributed by atoms with Gasteiger partial charge >= 0.3 is 0 Å². The van der Waals surface area contributed by atoms with Crippen LogP contribution in [-0.4, -0.2) is 24.7 Å². The maximum atomic E-state index is 12.5. The molecule has 7 nitrogen and oxygen atoms in total. The first-order valence-electron chi connectivity index (χ1n) is 9.08. The smallest absolute Gasteiger partial charge is 0.283 e. The normalized spacial score (nSPS) is 20.3. The van der Waals surface area contributed by atoms with Crippen molar-refractivity contribution in [2.75, 3.05) is 0 Å². The molecule has 0 bridgehead atoms. The van der Waals surface area contributed by atoms with Crippen LogP contribution in [0.4, 0.5) is 0 Å². The van der Waals surface area contributed by atoms with Crippen molar-refractivity contribution in [3.8, 4) is 11.7 Å². The standard InChI is InChI=1S/C17H23N3O4S/c21-25(22,20-13-8-2-1-3-9-13)15-11-10-14(23-15)17-19-18-16(24-17)12-6-4-5-7-12/h10-13,20H,1-9H2. The molecule has 2 aliphatic rings. The van der Waals surface area contributed by atoms with Gasteiger partial charge in [0.05, 0.1) is 0 Å². The lowest BCUT2D eigenvalue weighted by molar-refractivity contribution is 0.396. The third-order valence-corrected chi connectivity index (χ3v) is 6.52. The first kappa shape index (κ1) is 16.8. The Kier molecular flexibility index (Phi) is 4.64. The molecule has 0 spiro atoms. The van der Waals surface area contributed by atoms with E-state index in [1.807, 2.05) is 0 Å². The van der Waals surface area contributed by atoms with E-state index in [1.165, 1.54) is 25.3 Å². The summed E-state index contributed by atoms with van der Waals surface area (Å²) in [6.45, 7) is 0. The lowest BCUT2D eigenvalue weighted by Crippen LogP contribution is -2.35. The van der Waals surface area contributed by atoms with E-state index in [0.717, 1.165) is 38.5 Å². The molecule has 0 aliphatic heterocycles. The molecule has 8 heteroatoms. The first-order valence-corrected chi connectivity index (χ1v) is 10.6. The van der Waals surface area contributed by atoms with Gasteiger partial charge < -0.3 is 8.83 Å². The minimum absolute atomic E-state index is 0.00956. The zero-order valence-electron chi connectivity index (χ0n) is 14.1. The Hall–Kier alpha value is -1.67. The van der Waals surface area contributed by atoms with Gasteiger partial charge in [-0.3, -0.25) is 0 Å². The van der Waals surface area contributed by atoms with E-state index >= 15 is 0 Å². The Morgan fingerprint density at radius 3 is 2.40 bits per heavy atom. The third-order valence-electron chi connectivity index (χ3n) is 5.13. The fourth-order valence-electron chi connectivity index (χ4n) is 3.75. The molecule has 2 saturated carbocycles. The van der Waals surface area contributed by atoms with E-state index in [1.54, 1.807) is 6.07 Å². The summed E-state index contributed by atoms with van der Waals surface area (Å²) in [5.74, 6) is 1.46. The van der Waals surface area contributed by atoms with Crippen molar-refractivity contribution in [3.05, 3.63) is 18.0 Å². The van der Waals surface area contributed by atoms with Crippen molar-refractivity contribution in [2.45, 2.75) is 74.8 Å². The second-order valence-electron chi connectivity index (χ2n) is 7.00. The predicted octanol–water partition coefficient (Wildman–Crippen LogP) is 3.60. The summed E-state index contributed by atoms with van der Waals surface area (Å²) >= 11 is 0. The third kappa shape index (κ3) is 3.64. The summed E-state index contributed by atoms with van der Waals surface area (Å²) < 4.78 is 38.9. The second kappa shape index (κ2) is 6.92. The number of sulfonamides is 1. The largest absolute Gasteiger partial charge is 0.438 e. The molecule has 2 aromatic rings. The highest BCUT2D eigenvalue weighted by atomic mass is 32.2.